The third-order valence-corrected chi connectivity index (χ3v) is 7.21. The summed E-state index contributed by atoms with van der Waals surface area (Å²) in [5.74, 6) is -0.498. The molecule has 2 atom stereocenters. The van der Waals surface area contributed by atoms with Gasteiger partial charge >= 0.3 is 5.97 Å². The Morgan fingerprint density at radius 1 is 0.781 bits per heavy atom. The molecule has 170 valence electrons. The number of esters is 1. The lowest BCUT2D eigenvalue weighted by Gasteiger charge is -2.34. The van der Waals surface area contributed by atoms with Gasteiger partial charge in [0, 0.05) is 17.2 Å². The second kappa shape index (κ2) is 10.9. The lowest BCUT2D eigenvalue weighted by molar-refractivity contribution is -0.153. The Kier molecular flexibility index (Phi) is 7.75. The Bertz CT molecular complexity index is 898. The van der Waals surface area contributed by atoms with E-state index in [4.69, 9.17) is 10.5 Å². The molecule has 2 N–H and O–H groups in total. The molecule has 32 heavy (non-hydrogen) atoms. The normalized spacial score (nSPS) is 19.8. The number of rotatable bonds is 7. The van der Waals surface area contributed by atoms with Crippen molar-refractivity contribution in [2.45, 2.75) is 82.3 Å². The molecule has 0 aromatic heterocycles. The predicted molar refractivity (Wildman–Crippen MR) is 127 cm³/mol. The maximum absolute atomic E-state index is 13.5. The molecule has 2 aromatic carbocycles. The van der Waals surface area contributed by atoms with E-state index in [1.54, 1.807) is 0 Å². The zero-order chi connectivity index (χ0) is 22.3. The van der Waals surface area contributed by atoms with E-state index in [1.807, 2.05) is 54.6 Å². The van der Waals surface area contributed by atoms with Crippen LogP contribution in [0.3, 0.4) is 0 Å². The first-order valence-electron chi connectivity index (χ1n) is 12.3. The van der Waals surface area contributed by atoms with E-state index in [9.17, 15) is 9.59 Å². The molecule has 0 heterocycles. The average Bonchev–Trinajstić information content (AvgIpc) is 2.85. The molecule has 2 fully saturated rings. The smallest absolute Gasteiger partial charge is 0.315 e. The van der Waals surface area contributed by atoms with Gasteiger partial charge in [0.2, 0.25) is 0 Å². The van der Waals surface area contributed by atoms with Gasteiger partial charge in [-0.25, -0.2) is 0 Å². The summed E-state index contributed by atoms with van der Waals surface area (Å²) in [6.45, 7) is 0. The van der Waals surface area contributed by atoms with E-state index in [2.05, 4.69) is 0 Å². The molecule has 0 bridgehead atoms. The quantitative estimate of drug-likeness (QED) is 0.443. The minimum absolute atomic E-state index is 0.00793. The summed E-state index contributed by atoms with van der Waals surface area (Å²) in [5.41, 5.74) is 8.80. The summed E-state index contributed by atoms with van der Waals surface area (Å²) >= 11 is 0. The molecule has 2 unspecified atom stereocenters. The van der Waals surface area contributed by atoms with E-state index in [-0.39, 0.29) is 23.9 Å². The van der Waals surface area contributed by atoms with Gasteiger partial charge < -0.3 is 10.5 Å². The van der Waals surface area contributed by atoms with Gasteiger partial charge in [-0.15, -0.1) is 0 Å². The molecule has 4 nitrogen and oxygen atoms in total. The highest BCUT2D eigenvalue weighted by atomic mass is 16.5. The van der Waals surface area contributed by atoms with Gasteiger partial charge in [-0.1, -0.05) is 74.2 Å². The maximum atomic E-state index is 13.5. The fourth-order valence-electron chi connectivity index (χ4n) is 5.36. The fourth-order valence-corrected chi connectivity index (χ4v) is 5.36. The largest absolute Gasteiger partial charge is 0.462 e. The number of ketones is 1. The summed E-state index contributed by atoms with van der Waals surface area (Å²) in [5, 5.41) is 0. The number of hydrogen-bond donors (Lipinski definition) is 1. The zero-order valence-corrected chi connectivity index (χ0v) is 18.9. The number of carbonyl (C=O) groups is 2. The summed E-state index contributed by atoms with van der Waals surface area (Å²) in [4.78, 5) is 26.5. The number of benzene rings is 2. The molecule has 2 saturated carbocycles. The number of hydrogen-bond acceptors (Lipinski definition) is 4. The third kappa shape index (κ3) is 5.47. The van der Waals surface area contributed by atoms with Crippen molar-refractivity contribution in [3.63, 3.8) is 0 Å². The molecule has 2 aliphatic carbocycles. The minimum Gasteiger partial charge on any atom is -0.462 e. The van der Waals surface area contributed by atoms with Gasteiger partial charge in [-0.2, -0.15) is 0 Å². The number of nitrogens with two attached hydrogens (primary N) is 1. The molecule has 4 rings (SSSR count). The molecule has 0 radical (unpaired) electrons. The second-order valence-corrected chi connectivity index (χ2v) is 9.47. The molecular weight excluding hydrogens is 398 g/mol. The SMILES string of the molecule is NC(C1CCCCC1)C(C(=O)OC1CCCCC1)c1cccc(C(=O)c2ccccc2)c1. The monoisotopic (exact) mass is 433 g/mol. The average molecular weight is 434 g/mol. The van der Waals surface area contributed by atoms with Crippen molar-refractivity contribution in [3.8, 4) is 0 Å². The van der Waals surface area contributed by atoms with Crippen molar-refractivity contribution < 1.29 is 14.3 Å². The molecule has 4 heteroatoms. The van der Waals surface area contributed by atoms with Crippen molar-refractivity contribution in [1.29, 1.82) is 0 Å². The Morgan fingerprint density at radius 3 is 2.09 bits per heavy atom. The Hall–Kier alpha value is -2.46. The van der Waals surface area contributed by atoms with Crippen LogP contribution in [0.25, 0.3) is 0 Å². The van der Waals surface area contributed by atoms with Crippen LogP contribution in [-0.2, 0) is 9.53 Å². The number of ether oxygens (including phenoxy) is 1. The standard InChI is InChI=1S/C28H35NO3/c29-26(20-11-4-1-5-12-20)25(28(31)32-24-17-8-3-9-18-24)22-15-10-16-23(19-22)27(30)21-13-6-2-7-14-21/h2,6-7,10,13-16,19-20,24-26H,1,3-5,8-9,11-12,17-18,29H2. The van der Waals surface area contributed by atoms with Crippen LogP contribution in [0.2, 0.25) is 0 Å². The van der Waals surface area contributed by atoms with Crippen LogP contribution in [-0.4, -0.2) is 23.9 Å². The van der Waals surface area contributed by atoms with Crippen molar-refractivity contribution >= 4 is 11.8 Å². The highest BCUT2D eigenvalue weighted by Crippen LogP contribution is 2.34. The summed E-state index contributed by atoms with van der Waals surface area (Å²) in [6, 6.07) is 16.4. The first kappa shape index (κ1) is 22.7. The molecule has 2 aliphatic rings. The highest BCUT2D eigenvalue weighted by molar-refractivity contribution is 6.09. The summed E-state index contributed by atoms with van der Waals surface area (Å²) in [6.07, 6.45) is 11.0. The lowest BCUT2D eigenvalue weighted by atomic mass is 9.76. The van der Waals surface area contributed by atoms with E-state index in [0.717, 1.165) is 56.9 Å². The van der Waals surface area contributed by atoms with E-state index >= 15 is 0 Å². The molecule has 2 aromatic rings. The van der Waals surface area contributed by atoms with Crippen LogP contribution in [0.4, 0.5) is 0 Å². The third-order valence-electron chi connectivity index (χ3n) is 7.21. The Morgan fingerprint density at radius 2 is 1.41 bits per heavy atom. The van der Waals surface area contributed by atoms with Gasteiger partial charge in [0.15, 0.2) is 5.78 Å². The topological polar surface area (TPSA) is 69.4 Å². The first-order chi connectivity index (χ1) is 15.6. The molecule has 0 aliphatic heterocycles. The second-order valence-electron chi connectivity index (χ2n) is 9.47. The van der Waals surface area contributed by atoms with Crippen LogP contribution in [0.15, 0.2) is 54.6 Å². The fraction of sp³-hybridized carbons (Fsp3) is 0.500. The van der Waals surface area contributed by atoms with Gasteiger partial charge in [0.1, 0.15) is 6.10 Å². The van der Waals surface area contributed by atoms with Crippen LogP contribution in [0.1, 0.15) is 91.6 Å². The van der Waals surface area contributed by atoms with Crippen molar-refractivity contribution in [1.82, 2.24) is 0 Å². The number of carbonyl (C=O) groups excluding carboxylic acids is 2. The predicted octanol–water partition coefficient (Wildman–Crippen LogP) is 5.78. The van der Waals surface area contributed by atoms with Gasteiger partial charge in [-0.3, -0.25) is 9.59 Å². The van der Waals surface area contributed by atoms with Crippen molar-refractivity contribution in [2.75, 3.05) is 0 Å². The minimum atomic E-state index is -0.538. The highest BCUT2D eigenvalue weighted by Gasteiger charge is 2.36. The zero-order valence-electron chi connectivity index (χ0n) is 18.9. The summed E-state index contributed by atoms with van der Waals surface area (Å²) < 4.78 is 6.00. The van der Waals surface area contributed by atoms with Gasteiger partial charge in [0.05, 0.1) is 5.92 Å². The van der Waals surface area contributed by atoms with E-state index in [0.29, 0.717) is 17.0 Å². The summed E-state index contributed by atoms with van der Waals surface area (Å²) in [7, 11) is 0. The lowest BCUT2D eigenvalue weighted by Crippen LogP contribution is -2.42. The van der Waals surface area contributed by atoms with Crippen molar-refractivity contribution in [3.05, 3.63) is 71.3 Å². The van der Waals surface area contributed by atoms with Crippen LogP contribution >= 0.6 is 0 Å². The van der Waals surface area contributed by atoms with Crippen LogP contribution in [0.5, 0.6) is 0 Å². The Balaban J connectivity index is 1.61. The molecule has 0 spiro atoms. The van der Waals surface area contributed by atoms with Gasteiger partial charge in [-0.05, 0) is 56.1 Å². The van der Waals surface area contributed by atoms with Crippen molar-refractivity contribution in [2.24, 2.45) is 11.7 Å². The molecule has 0 saturated heterocycles. The molecular formula is C28H35NO3. The molecule has 0 amide bonds. The van der Waals surface area contributed by atoms with E-state index in [1.165, 1.54) is 12.8 Å². The van der Waals surface area contributed by atoms with Crippen LogP contribution < -0.4 is 5.73 Å². The maximum Gasteiger partial charge on any atom is 0.315 e. The first-order valence-corrected chi connectivity index (χ1v) is 12.3. The van der Waals surface area contributed by atoms with Crippen LogP contribution in [0, 0.1) is 5.92 Å². The van der Waals surface area contributed by atoms with E-state index < -0.39 is 5.92 Å². The van der Waals surface area contributed by atoms with Gasteiger partial charge in [0.25, 0.3) is 0 Å². The Labute approximate surface area is 191 Å².